The predicted molar refractivity (Wildman–Crippen MR) is 540 cm³/mol. The quantitative estimate of drug-likeness (QED) is 0.0178. The minimum Gasteiger partial charge on any atom is -0.508 e. The number of amides is 2. The fraction of sp³-hybridized carbons (Fsp3) is 0.125. The SMILES string of the molecule is COC(=O)c1cc(O)cc(OCCc2cccs2)c1.COC(=O)c1cc(OCCc2cccs2)cc(Oc2ccc(Cl)cc2)c1.COC(=O)c1ccc(NC(=O)c2cc(OCCc3cccs3)cc(Oc3ccc(Cl)cc3)c2)nc1.O=C(O)c1cc(OCCc2cccs2)cc(Oc2ccc(Cl)cc2)c1.O=C(O)c1ccc(NC(=O)c2cc(OCCc3cccs3)cc(Oc3ccc(Cl)cc3)c2)nc1. The molecule has 16 aromatic rings. The molecule has 0 saturated heterocycles. The molecule has 0 aliphatic heterocycles. The number of rotatable bonds is 37. The smallest absolute Gasteiger partial charge is 0.339 e. The van der Waals surface area contributed by atoms with Crippen LogP contribution in [0.2, 0.25) is 20.1 Å². The standard InChI is InChI=1S/C26H21ClN2O5S.C25H19ClN2O5S.C20H17ClO4S.C19H15ClO4S.C14H14O4S/c1-32-26(31)17-4-9-24(28-16-17)29-25(30)18-13-21(33-11-10-23-3-2-12-35-23)15-22(14-18)34-20-7-5-19(27)6-8-20;26-18-4-6-19(7-5-18)33-21-13-17(12-20(14-21)32-10-9-22-2-1-11-34-22)24(29)28-23-8-3-16(15-27-23)25(30)31;1-23-20(22)14-11-17(24-9-8-19-3-2-10-26-19)13-18(12-14)25-16-6-4-15(21)5-7-16;20-14-3-5-15(6-4-14)24-17-11-13(19(21)22)10-16(12-17)23-8-7-18-2-1-9-25-18;1-17-14(16)10-7-11(15)9-12(8-10)18-5-4-13-3-2-6-19-13/h2-9,12-16H,10-11H2,1H3,(H,28,29,30);1-8,11-15H,9-10H2,(H,30,31)(H,27,28,29);2-7,10-13H,8-9H2,1H3;1-6,9-12H,7-8H2,(H,21,22);2-3,6-9,15H,4-5H2,1H3. The summed E-state index contributed by atoms with van der Waals surface area (Å²) in [5.41, 5.74) is 1.67. The van der Waals surface area contributed by atoms with Crippen LogP contribution in [0.25, 0.3) is 0 Å². The van der Waals surface area contributed by atoms with Crippen molar-refractivity contribution in [2.24, 2.45) is 0 Å². The maximum Gasteiger partial charge on any atom is 0.339 e. The molecule has 35 heteroatoms. The number of esters is 3. The number of hydrogen-bond donors (Lipinski definition) is 5. The summed E-state index contributed by atoms with van der Waals surface area (Å²) in [4.78, 5) is 97.3. The highest BCUT2D eigenvalue weighted by molar-refractivity contribution is 7.11. The van der Waals surface area contributed by atoms with Crippen molar-refractivity contribution in [1.82, 2.24) is 9.97 Å². The highest BCUT2D eigenvalue weighted by Crippen LogP contribution is 2.36. The molecule has 7 aromatic heterocycles. The van der Waals surface area contributed by atoms with E-state index in [9.17, 15) is 43.8 Å². The molecule has 2 amide bonds. The van der Waals surface area contributed by atoms with E-state index < -0.39 is 41.7 Å². The van der Waals surface area contributed by atoms with Gasteiger partial charge in [0.05, 0.1) is 82.2 Å². The van der Waals surface area contributed by atoms with Gasteiger partial charge < -0.3 is 82.8 Å². The first-order valence-corrected chi connectivity index (χ1v) is 48.0. The topological polar surface area (TPSA) is 341 Å². The number of aromatic nitrogens is 2. The molecule has 5 N–H and O–H groups in total. The first kappa shape index (κ1) is 103. The van der Waals surface area contributed by atoms with Crippen LogP contribution in [0, 0.1) is 0 Å². The molecule has 0 unspecified atom stereocenters. The van der Waals surface area contributed by atoms with Crippen LogP contribution < -0.4 is 53.3 Å². The third-order valence-electron chi connectivity index (χ3n) is 18.9. The number of carboxylic acids is 2. The van der Waals surface area contributed by atoms with Gasteiger partial charge in [0.2, 0.25) is 0 Å². The van der Waals surface area contributed by atoms with Gasteiger partial charge in [0.15, 0.2) is 0 Å². The second-order valence-electron chi connectivity index (χ2n) is 29.0. The highest BCUT2D eigenvalue weighted by Gasteiger charge is 2.20. The Morgan fingerprint density at radius 1 is 0.281 bits per heavy atom. The Bertz CT molecular complexity index is 6650. The molecule has 0 aliphatic rings. The number of carboxylic acid groups (broad SMARTS) is 2. The number of nitrogens with zero attached hydrogens (tertiary/aromatic N) is 2. The van der Waals surface area contributed by atoms with Gasteiger partial charge in [-0.2, -0.15) is 0 Å². The van der Waals surface area contributed by atoms with Crippen LogP contribution in [0.1, 0.15) is 96.9 Å². The predicted octanol–water partition coefficient (Wildman–Crippen LogP) is 26.4. The van der Waals surface area contributed by atoms with Crippen LogP contribution in [0.3, 0.4) is 0 Å². The number of phenolic OH excluding ortho intramolecular Hbond substituents is 1. The average Bonchev–Trinajstić information content (AvgIpc) is 1.83. The van der Waals surface area contributed by atoms with E-state index in [2.05, 4.69) is 36.1 Å². The third-order valence-corrected chi connectivity index (χ3v) is 24.6. The van der Waals surface area contributed by atoms with Crippen LogP contribution in [-0.4, -0.2) is 121 Å². The maximum atomic E-state index is 13.0. The number of thiophene rings is 5. The van der Waals surface area contributed by atoms with Crippen molar-refractivity contribution in [3.63, 3.8) is 0 Å². The Labute approximate surface area is 838 Å². The second kappa shape index (κ2) is 53.7. The van der Waals surface area contributed by atoms with Crippen molar-refractivity contribution in [1.29, 1.82) is 0 Å². The van der Waals surface area contributed by atoms with Gasteiger partial charge in [-0.15, -0.1) is 56.7 Å². The molecule has 0 aliphatic carbocycles. The molecule has 0 fully saturated rings. The van der Waals surface area contributed by atoms with Crippen LogP contribution in [-0.2, 0) is 46.3 Å². The zero-order chi connectivity index (χ0) is 98.2. The number of phenols is 1. The summed E-state index contributed by atoms with van der Waals surface area (Å²) in [5.74, 6) is 2.50. The lowest BCUT2D eigenvalue weighted by Crippen LogP contribution is -2.14. The summed E-state index contributed by atoms with van der Waals surface area (Å²) in [6.45, 7) is 2.34. The number of ether oxygens (including phenoxy) is 12. The van der Waals surface area contributed by atoms with Crippen molar-refractivity contribution in [3.05, 3.63) is 396 Å². The highest BCUT2D eigenvalue weighted by atomic mass is 35.5. The van der Waals surface area contributed by atoms with Crippen molar-refractivity contribution in [3.8, 4) is 80.5 Å². The molecule has 7 heterocycles. The number of hydrogen-bond acceptors (Lipinski definition) is 27. The van der Waals surface area contributed by atoms with E-state index in [1.54, 1.807) is 220 Å². The Kier molecular flexibility index (Phi) is 39.8. The van der Waals surface area contributed by atoms with Crippen LogP contribution in [0.4, 0.5) is 11.6 Å². The van der Waals surface area contributed by atoms with Gasteiger partial charge in [0, 0.05) is 130 Å². The van der Waals surface area contributed by atoms with Crippen molar-refractivity contribution >= 4 is 156 Å². The normalized spacial score (nSPS) is 10.4. The molecule has 0 saturated carbocycles. The third kappa shape index (κ3) is 34.8. The van der Waals surface area contributed by atoms with E-state index in [0.717, 1.165) is 32.1 Å². The maximum absolute atomic E-state index is 13.0. The number of carbonyl (C=O) groups is 7. The van der Waals surface area contributed by atoms with Gasteiger partial charge in [-0.05, 0) is 239 Å². The van der Waals surface area contributed by atoms with Gasteiger partial charge in [-0.3, -0.25) is 9.59 Å². The van der Waals surface area contributed by atoms with Gasteiger partial charge in [0.1, 0.15) is 92.1 Å². The molecular weight excluding hydrogens is 1960 g/mol. The summed E-state index contributed by atoms with van der Waals surface area (Å²) in [5, 5.41) is 45.7. The number of carbonyl (C=O) groups excluding carboxylic acids is 5. The van der Waals surface area contributed by atoms with E-state index in [0.29, 0.717) is 145 Å². The van der Waals surface area contributed by atoms with Gasteiger partial charge in [0.25, 0.3) is 11.8 Å². The molecule has 712 valence electrons. The molecular formula is C104H86Cl4N4O22S5. The molecule has 9 aromatic carbocycles. The van der Waals surface area contributed by atoms with Gasteiger partial charge in [-0.1, -0.05) is 76.7 Å². The lowest BCUT2D eigenvalue weighted by atomic mass is 10.2. The average molecular weight is 2050 g/mol. The van der Waals surface area contributed by atoms with E-state index in [-0.39, 0.29) is 39.6 Å². The Morgan fingerprint density at radius 2 is 0.532 bits per heavy atom. The monoisotopic (exact) mass is 2040 g/mol. The molecule has 26 nitrogen and oxygen atoms in total. The summed E-state index contributed by atoms with van der Waals surface area (Å²) in [6, 6.07) is 77.5. The lowest BCUT2D eigenvalue weighted by Gasteiger charge is -2.12. The number of benzene rings is 9. The number of halogens is 4. The number of anilines is 2. The van der Waals surface area contributed by atoms with E-state index >= 15 is 0 Å². The zero-order valence-corrected chi connectivity index (χ0v) is 81.2. The molecule has 16 rings (SSSR count). The Morgan fingerprint density at radius 3 is 0.806 bits per heavy atom. The summed E-state index contributed by atoms with van der Waals surface area (Å²) in [7, 11) is 3.92. The molecule has 0 spiro atoms. The number of nitrogens with one attached hydrogen (secondary N) is 2. The van der Waals surface area contributed by atoms with Crippen LogP contribution >= 0.6 is 103 Å². The Hall–Kier alpha value is -14.8. The van der Waals surface area contributed by atoms with Gasteiger partial charge >= 0.3 is 29.8 Å². The second-order valence-corrected chi connectivity index (χ2v) is 35.9. The molecule has 0 radical (unpaired) electrons. The Balaban J connectivity index is 0.000000158. The fourth-order valence-electron chi connectivity index (χ4n) is 12.2. The molecule has 0 bridgehead atoms. The number of methoxy groups -OCH3 is 3. The molecule has 0 atom stereocenters. The summed E-state index contributed by atoms with van der Waals surface area (Å²) in [6.07, 6.45) is 6.35. The van der Waals surface area contributed by atoms with E-state index in [1.165, 1.54) is 107 Å². The summed E-state index contributed by atoms with van der Waals surface area (Å²) >= 11 is 32.0. The first-order valence-electron chi connectivity index (χ1n) is 42.1. The number of aromatic carboxylic acids is 2. The number of pyridine rings is 2. The molecule has 139 heavy (non-hydrogen) atoms. The van der Waals surface area contributed by atoms with E-state index in [1.807, 2.05) is 81.5 Å². The first-order chi connectivity index (χ1) is 67.4. The minimum atomic E-state index is -1.10. The largest absolute Gasteiger partial charge is 0.508 e. The fourth-order valence-corrected chi connectivity index (χ4v) is 16.2. The van der Waals surface area contributed by atoms with Crippen LogP contribution in [0.5, 0.6) is 80.5 Å². The number of aromatic hydroxyl groups is 1. The summed E-state index contributed by atoms with van der Waals surface area (Å²) < 4.78 is 66.4. The van der Waals surface area contributed by atoms with Crippen molar-refractivity contribution < 1.29 is 106 Å². The van der Waals surface area contributed by atoms with Crippen molar-refractivity contribution in [2.45, 2.75) is 32.1 Å². The van der Waals surface area contributed by atoms with Crippen molar-refractivity contribution in [2.75, 3.05) is 65.0 Å². The minimum absolute atomic E-state index is 0.0194. The van der Waals surface area contributed by atoms with Crippen LogP contribution in [0.15, 0.2) is 312 Å². The van der Waals surface area contributed by atoms with Gasteiger partial charge in [-0.25, -0.2) is 33.9 Å². The lowest BCUT2D eigenvalue weighted by molar-refractivity contribution is 0.0591. The van der Waals surface area contributed by atoms with E-state index in [4.69, 9.17) is 98.9 Å². The zero-order valence-electron chi connectivity index (χ0n) is 74.1.